The van der Waals surface area contributed by atoms with Gasteiger partial charge in [-0.15, -0.1) is 0 Å². The van der Waals surface area contributed by atoms with E-state index in [0.717, 1.165) is 5.56 Å². The van der Waals surface area contributed by atoms with Crippen LogP contribution in [0.15, 0.2) is 36.5 Å². The maximum absolute atomic E-state index is 12.1. The van der Waals surface area contributed by atoms with Crippen LogP contribution in [0, 0.1) is 6.92 Å². The smallest absolute Gasteiger partial charge is 0.245 e. The van der Waals surface area contributed by atoms with Crippen molar-refractivity contribution >= 4 is 40.8 Å². The summed E-state index contributed by atoms with van der Waals surface area (Å²) in [6.07, 6.45) is 2.36. The zero-order valence-corrected chi connectivity index (χ0v) is 16.7. The Balaban J connectivity index is 1.72. The minimum Gasteiger partial charge on any atom is -0.492 e. The average molecular weight is 410 g/mol. The van der Waals surface area contributed by atoms with Crippen LogP contribution in [-0.2, 0) is 9.59 Å². The van der Waals surface area contributed by atoms with E-state index in [1.807, 2.05) is 13.0 Å². The highest BCUT2D eigenvalue weighted by Crippen LogP contribution is 2.31. The van der Waals surface area contributed by atoms with Crippen LogP contribution in [0.25, 0.3) is 0 Å². The number of amides is 2. The number of pyridine rings is 1. The quantitative estimate of drug-likeness (QED) is 0.669. The highest BCUT2D eigenvalue weighted by Gasteiger charge is 2.13. The first kappa shape index (κ1) is 21.0. The zero-order valence-electron chi connectivity index (χ0n) is 15.2. The van der Waals surface area contributed by atoms with Crippen molar-refractivity contribution in [2.75, 3.05) is 25.5 Å². The molecule has 1 aromatic carbocycles. The fourth-order valence-corrected chi connectivity index (χ4v) is 2.63. The van der Waals surface area contributed by atoms with Gasteiger partial charge in [0.15, 0.2) is 0 Å². The Morgan fingerprint density at radius 2 is 2.04 bits per heavy atom. The lowest BCUT2D eigenvalue weighted by molar-refractivity contribution is -0.133. The van der Waals surface area contributed by atoms with Crippen molar-refractivity contribution < 1.29 is 14.3 Å². The lowest BCUT2D eigenvalue weighted by atomic mass is 10.3. The number of benzene rings is 1. The van der Waals surface area contributed by atoms with Gasteiger partial charge in [-0.1, -0.05) is 29.3 Å². The minimum atomic E-state index is -0.300. The van der Waals surface area contributed by atoms with Crippen molar-refractivity contribution in [1.82, 2.24) is 9.88 Å². The summed E-state index contributed by atoms with van der Waals surface area (Å²) < 4.78 is 5.54. The predicted octanol–water partition coefficient (Wildman–Crippen LogP) is 3.95. The van der Waals surface area contributed by atoms with E-state index < -0.39 is 0 Å². The molecule has 0 saturated heterocycles. The van der Waals surface area contributed by atoms with Gasteiger partial charge >= 0.3 is 0 Å². The van der Waals surface area contributed by atoms with Crippen LogP contribution in [0.3, 0.4) is 0 Å². The molecular formula is C19H21Cl2N3O3. The second-order valence-corrected chi connectivity index (χ2v) is 6.81. The molecule has 2 rings (SSSR count). The van der Waals surface area contributed by atoms with Gasteiger partial charge in [0, 0.05) is 19.7 Å². The topological polar surface area (TPSA) is 71.5 Å². The number of likely N-dealkylation sites (N-methyl/N-ethyl adjacent to an activating group) is 1. The first-order valence-electron chi connectivity index (χ1n) is 8.40. The van der Waals surface area contributed by atoms with Crippen molar-refractivity contribution in [2.24, 2.45) is 0 Å². The van der Waals surface area contributed by atoms with Crippen LogP contribution in [0.2, 0.25) is 10.0 Å². The molecule has 6 nitrogen and oxygen atoms in total. The number of nitrogens with zero attached hydrogens (tertiary/aromatic N) is 2. The van der Waals surface area contributed by atoms with E-state index in [9.17, 15) is 9.59 Å². The molecule has 0 radical (unpaired) electrons. The summed E-state index contributed by atoms with van der Waals surface area (Å²) in [7, 11) is 1.58. The third-order valence-corrected chi connectivity index (χ3v) is 4.50. The first-order valence-corrected chi connectivity index (χ1v) is 9.15. The van der Waals surface area contributed by atoms with Gasteiger partial charge in [-0.3, -0.25) is 9.59 Å². The molecule has 8 heteroatoms. The molecule has 0 unspecified atom stereocenters. The summed E-state index contributed by atoms with van der Waals surface area (Å²) in [5.74, 6) is 0.497. The highest BCUT2D eigenvalue weighted by atomic mass is 35.5. The number of hydrogen-bond acceptors (Lipinski definition) is 4. The lowest BCUT2D eigenvalue weighted by Gasteiger charge is -2.17. The van der Waals surface area contributed by atoms with E-state index in [1.54, 1.807) is 37.5 Å². The molecule has 27 heavy (non-hydrogen) atoms. The van der Waals surface area contributed by atoms with E-state index in [-0.39, 0.29) is 24.8 Å². The fourth-order valence-electron chi connectivity index (χ4n) is 2.28. The molecule has 1 N–H and O–H groups in total. The summed E-state index contributed by atoms with van der Waals surface area (Å²) in [6.45, 7) is 2.18. The summed E-state index contributed by atoms with van der Waals surface area (Å²) in [5, 5.41) is 3.44. The Kier molecular flexibility index (Phi) is 7.88. The standard InChI is InChI=1S/C19H21Cl2N3O3/c1-13-8-9-22-16(11-13)23-17(25)12-24(2)18(26)7-4-10-27-15-6-3-5-14(20)19(15)21/h3,5-6,8-9,11H,4,7,10,12H2,1-2H3,(H,22,23,25). The second kappa shape index (κ2) is 10.1. The molecule has 1 heterocycles. The number of ether oxygens (including phenoxy) is 1. The van der Waals surface area contributed by atoms with Crippen molar-refractivity contribution in [3.8, 4) is 5.75 Å². The molecule has 144 valence electrons. The minimum absolute atomic E-state index is 0.0462. The maximum Gasteiger partial charge on any atom is 0.245 e. The number of carbonyl (C=O) groups excluding carboxylic acids is 2. The normalized spacial score (nSPS) is 10.4. The molecule has 0 aliphatic heterocycles. The number of anilines is 1. The van der Waals surface area contributed by atoms with Crippen LogP contribution in [0.1, 0.15) is 18.4 Å². The van der Waals surface area contributed by atoms with E-state index >= 15 is 0 Å². The summed E-state index contributed by atoms with van der Waals surface area (Å²) in [5.41, 5.74) is 0.990. The Morgan fingerprint density at radius 3 is 2.78 bits per heavy atom. The average Bonchev–Trinajstić information content (AvgIpc) is 2.61. The number of nitrogens with one attached hydrogen (secondary N) is 1. The van der Waals surface area contributed by atoms with Gasteiger partial charge in [0.2, 0.25) is 11.8 Å². The number of carbonyl (C=O) groups is 2. The predicted molar refractivity (Wildman–Crippen MR) is 106 cm³/mol. The van der Waals surface area contributed by atoms with Crippen LogP contribution in [0.5, 0.6) is 5.75 Å². The molecule has 0 aliphatic rings. The van der Waals surface area contributed by atoms with E-state index in [2.05, 4.69) is 10.3 Å². The molecule has 0 saturated carbocycles. The van der Waals surface area contributed by atoms with Gasteiger partial charge in [0.1, 0.15) is 16.6 Å². The first-order chi connectivity index (χ1) is 12.9. The van der Waals surface area contributed by atoms with Gasteiger partial charge in [-0.2, -0.15) is 0 Å². The van der Waals surface area contributed by atoms with Gasteiger partial charge < -0.3 is 15.0 Å². The third-order valence-electron chi connectivity index (χ3n) is 3.70. The van der Waals surface area contributed by atoms with Crippen molar-refractivity contribution in [2.45, 2.75) is 19.8 Å². The number of aryl methyl sites for hydroxylation is 1. The lowest BCUT2D eigenvalue weighted by Crippen LogP contribution is -2.35. The maximum atomic E-state index is 12.1. The van der Waals surface area contributed by atoms with Gasteiger partial charge in [0.05, 0.1) is 18.2 Å². The number of rotatable bonds is 8. The number of aromatic nitrogens is 1. The molecule has 0 spiro atoms. The van der Waals surface area contributed by atoms with Crippen LogP contribution in [0.4, 0.5) is 5.82 Å². The molecule has 0 fully saturated rings. The molecule has 0 bridgehead atoms. The molecule has 2 aromatic rings. The largest absolute Gasteiger partial charge is 0.492 e. The third kappa shape index (κ3) is 6.73. The Labute approximate surface area is 168 Å². The van der Waals surface area contributed by atoms with Crippen molar-refractivity contribution in [3.63, 3.8) is 0 Å². The van der Waals surface area contributed by atoms with Crippen LogP contribution >= 0.6 is 23.2 Å². The summed E-state index contributed by atoms with van der Waals surface area (Å²) in [4.78, 5) is 29.6. The number of halogens is 2. The summed E-state index contributed by atoms with van der Waals surface area (Å²) in [6, 6.07) is 8.73. The van der Waals surface area contributed by atoms with E-state index in [0.29, 0.717) is 34.6 Å². The van der Waals surface area contributed by atoms with Crippen molar-refractivity contribution in [3.05, 3.63) is 52.1 Å². The molecule has 0 aliphatic carbocycles. The molecule has 0 atom stereocenters. The summed E-state index contributed by atoms with van der Waals surface area (Å²) >= 11 is 12.0. The van der Waals surface area contributed by atoms with Gasteiger partial charge in [0.25, 0.3) is 0 Å². The van der Waals surface area contributed by atoms with E-state index in [4.69, 9.17) is 27.9 Å². The Hall–Kier alpha value is -2.31. The van der Waals surface area contributed by atoms with Crippen LogP contribution in [-0.4, -0.2) is 41.9 Å². The fraction of sp³-hybridized carbons (Fsp3) is 0.316. The van der Waals surface area contributed by atoms with Crippen LogP contribution < -0.4 is 10.1 Å². The van der Waals surface area contributed by atoms with Gasteiger partial charge in [-0.05, 0) is 43.2 Å². The van der Waals surface area contributed by atoms with E-state index in [1.165, 1.54) is 4.90 Å². The van der Waals surface area contributed by atoms with Crippen molar-refractivity contribution in [1.29, 1.82) is 0 Å². The monoisotopic (exact) mass is 409 g/mol. The highest BCUT2D eigenvalue weighted by molar-refractivity contribution is 6.42. The Bertz CT molecular complexity index is 815. The Morgan fingerprint density at radius 1 is 1.26 bits per heavy atom. The SMILES string of the molecule is Cc1ccnc(NC(=O)CN(C)C(=O)CCCOc2cccc(Cl)c2Cl)c1. The van der Waals surface area contributed by atoms with Gasteiger partial charge in [-0.25, -0.2) is 4.98 Å². The zero-order chi connectivity index (χ0) is 19.8. The molecular weight excluding hydrogens is 389 g/mol. The molecule has 1 aromatic heterocycles. The number of hydrogen-bond donors (Lipinski definition) is 1. The second-order valence-electron chi connectivity index (χ2n) is 6.02. The molecule has 2 amide bonds.